The third-order valence-electron chi connectivity index (χ3n) is 5.45. The SMILES string of the molecule is COc1ccc(C2=NC[C@H](CSc3nnc(-c4ccc(OC)cc4)n3-c3ccccc3)S2)cc1. The Morgan fingerprint density at radius 3 is 2.15 bits per heavy atom. The van der Waals surface area contributed by atoms with Gasteiger partial charge in [0.25, 0.3) is 0 Å². The Morgan fingerprint density at radius 2 is 1.50 bits per heavy atom. The van der Waals surface area contributed by atoms with Crippen molar-refractivity contribution in [2.45, 2.75) is 10.4 Å². The second-order valence-corrected chi connectivity index (χ2v) is 9.91. The van der Waals surface area contributed by atoms with E-state index in [4.69, 9.17) is 14.5 Å². The molecule has 4 aromatic rings. The molecule has 0 amide bonds. The minimum absolute atomic E-state index is 0.382. The summed E-state index contributed by atoms with van der Waals surface area (Å²) in [5.74, 6) is 3.37. The highest BCUT2D eigenvalue weighted by atomic mass is 32.2. The molecule has 2 heterocycles. The van der Waals surface area contributed by atoms with Gasteiger partial charge in [-0.25, -0.2) is 0 Å². The van der Waals surface area contributed by atoms with Crippen LogP contribution in [0.4, 0.5) is 0 Å². The number of thioether (sulfide) groups is 2. The van der Waals surface area contributed by atoms with E-state index < -0.39 is 0 Å². The first-order chi connectivity index (χ1) is 16.7. The van der Waals surface area contributed by atoms with Crippen LogP contribution in [0.2, 0.25) is 0 Å². The Balaban J connectivity index is 1.33. The average Bonchev–Trinajstić information content (AvgIpc) is 3.55. The lowest BCUT2D eigenvalue weighted by Crippen LogP contribution is -2.08. The lowest BCUT2D eigenvalue weighted by molar-refractivity contribution is 0.414. The van der Waals surface area contributed by atoms with Crippen molar-refractivity contribution in [3.63, 3.8) is 0 Å². The molecule has 1 aromatic heterocycles. The molecule has 0 fully saturated rings. The number of methoxy groups -OCH3 is 2. The van der Waals surface area contributed by atoms with Crippen molar-refractivity contribution < 1.29 is 9.47 Å². The molecule has 0 saturated carbocycles. The summed E-state index contributed by atoms with van der Waals surface area (Å²) < 4.78 is 12.7. The van der Waals surface area contributed by atoms with E-state index in [1.54, 1.807) is 26.0 Å². The lowest BCUT2D eigenvalue weighted by atomic mass is 10.2. The summed E-state index contributed by atoms with van der Waals surface area (Å²) in [6, 6.07) is 26.2. The maximum absolute atomic E-state index is 5.31. The topological polar surface area (TPSA) is 61.5 Å². The van der Waals surface area contributed by atoms with Crippen LogP contribution in [0.3, 0.4) is 0 Å². The van der Waals surface area contributed by atoms with Crippen molar-refractivity contribution in [3.05, 3.63) is 84.4 Å². The van der Waals surface area contributed by atoms with Crippen molar-refractivity contribution in [2.75, 3.05) is 26.5 Å². The summed E-state index contributed by atoms with van der Waals surface area (Å²) >= 11 is 3.54. The number of aliphatic imine (C=N–C) groups is 1. The molecule has 0 aliphatic carbocycles. The van der Waals surface area contributed by atoms with Gasteiger partial charge in [-0.05, 0) is 60.7 Å². The fourth-order valence-corrected chi connectivity index (χ4v) is 5.89. The molecule has 6 nitrogen and oxygen atoms in total. The van der Waals surface area contributed by atoms with Gasteiger partial charge in [0.05, 0.1) is 25.8 Å². The Hall–Kier alpha value is -3.23. The maximum Gasteiger partial charge on any atom is 0.196 e. The van der Waals surface area contributed by atoms with E-state index in [9.17, 15) is 0 Å². The van der Waals surface area contributed by atoms with E-state index >= 15 is 0 Å². The lowest BCUT2D eigenvalue weighted by Gasteiger charge is -2.12. The van der Waals surface area contributed by atoms with Crippen molar-refractivity contribution in [3.8, 4) is 28.6 Å². The first-order valence-electron chi connectivity index (χ1n) is 10.9. The van der Waals surface area contributed by atoms with Crippen LogP contribution in [0.25, 0.3) is 17.1 Å². The molecular formula is C26H24N4O2S2. The van der Waals surface area contributed by atoms with E-state index in [0.29, 0.717) is 5.25 Å². The predicted molar refractivity (Wildman–Crippen MR) is 140 cm³/mol. The van der Waals surface area contributed by atoms with Gasteiger partial charge in [0, 0.05) is 27.8 Å². The van der Waals surface area contributed by atoms with Gasteiger partial charge in [0.2, 0.25) is 0 Å². The number of nitrogens with zero attached hydrogens (tertiary/aromatic N) is 4. The van der Waals surface area contributed by atoms with Crippen molar-refractivity contribution >= 4 is 28.6 Å². The largest absolute Gasteiger partial charge is 0.497 e. The number of hydrogen-bond acceptors (Lipinski definition) is 7. The molecule has 1 aliphatic rings. The van der Waals surface area contributed by atoms with Crippen molar-refractivity contribution in [1.29, 1.82) is 0 Å². The fourth-order valence-electron chi connectivity index (χ4n) is 3.66. The first-order valence-corrected chi connectivity index (χ1v) is 12.8. The molecule has 5 rings (SSSR count). The number of para-hydroxylation sites is 1. The predicted octanol–water partition coefficient (Wildman–Crippen LogP) is 5.61. The molecule has 172 valence electrons. The van der Waals surface area contributed by atoms with Crippen LogP contribution < -0.4 is 9.47 Å². The zero-order chi connectivity index (χ0) is 23.3. The molecule has 0 spiro atoms. The highest BCUT2D eigenvalue weighted by molar-refractivity contribution is 8.16. The highest BCUT2D eigenvalue weighted by Gasteiger charge is 2.23. The monoisotopic (exact) mass is 488 g/mol. The Morgan fingerprint density at radius 1 is 0.853 bits per heavy atom. The molecule has 0 saturated heterocycles. The van der Waals surface area contributed by atoms with Crippen LogP contribution in [-0.4, -0.2) is 51.6 Å². The molecular weight excluding hydrogens is 464 g/mol. The van der Waals surface area contributed by atoms with Crippen LogP contribution in [0.1, 0.15) is 5.56 Å². The molecule has 8 heteroatoms. The van der Waals surface area contributed by atoms with Gasteiger partial charge in [-0.15, -0.1) is 22.0 Å². The van der Waals surface area contributed by atoms with Crippen LogP contribution in [-0.2, 0) is 0 Å². The number of benzene rings is 3. The molecule has 3 aromatic carbocycles. The Bertz CT molecular complexity index is 1270. The summed E-state index contributed by atoms with van der Waals surface area (Å²) in [5.41, 5.74) is 3.16. The summed E-state index contributed by atoms with van der Waals surface area (Å²) in [5, 5.41) is 11.4. The van der Waals surface area contributed by atoms with E-state index in [1.807, 2.05) is 66.4 Å². The number of ether oxygens (including phenoxy) is 2. The van der Waals surface area contributed by atoms with Gasteiger partial charge in [-0.3, -0.25) is 9.56 Å². The van der Waals surface area contributed by atoms with Crippen LogP contribution >= 0.6 is 23.5 Å². The average molecular weight is 489 g/mol. The second kappa shape index (κ2) is 10.4. The quantitative estimate of drug-likeness (QED) is 0.301. The van der Waals surface area contributed by atoms with Gasteiger partial charge in [-0.1, -0.05) is 30.0 Å². The first kappa shape index (κ1) is 22.6. The molecule has 34 heavy (non-hydrogen) atoms. The van der Waals surface area contributed by atoms with Crippen LogP contribution in [0.15, 0.2) is 89.0 Å². The Labute approximate surface area is 207 Å². The minimum Gasteiger partial charge on any atom is -0.497 e. The zero-order valence-electron chi connectivity index (χ0n) is 18.9. The normalized spacial score (nSPS) is 15.2. The highest BCUT2D eigenvalue weighted by Crippen LogP contribution is 2.33. The molecule has 0 N–H and O–H groups in total. The van der Waals surface area contributed by atoms with Crippen molar-refractivity contribution in [2.24, 2.45) is 4.99 Å². The molecule has 0 bridgehead atoms. The third kappa shape index (κ3) is 4.83. The van der Waals surface area contributed by atoms with Crippen LogP contribution in [0.5, 0.6) is 11.5 Å². The number of rotatable bonds is 8. The fraction of sp³-hybridized carbons (Fsp3) is 0.192. The van der Waals surface area contributed by atoms with E-state index in [1.165, 1.54) is 0 Å². The van der Waals surface area contributed by atoms with Gasteiger partial charge in [0.15, 0.2) is 11.0 Å². The van der Waals surface area contributed by atoms with Gasteiger partial charge in [0.1, 0.15) is 11.5 Å². The summed E-state index contributed by atoms with van der Waals surface area (Å²) in [6.07, 6.45) is 0. The summed E-state index contributed by atoms with van der Waals surface area (Å²) in [7, 11) is 3.35. The smallest absolute Gasteiger partial charge is 0.196 e. The van der Waals surface area contributed by atoms with Crippen molar-refractivity contribution in [1.82, 2.24) is 14.8 Å². The van der Waals surface area contributed by atoms with Gasteiger partial charge >= 0.3 is 0 Å². The molecule has 0 unspecified atom stereocenters. The Kier molecular flexibility index (Phi) is 6.87. The second-order valence-electron chi connectivity index (χ2n) is 7.63. The zero-order valence-corrected chi connectivity index (χ0v) is 20.6. The third-order valence-corrected chi connectivity index (χ3v) is 7.99. The van der Waals surface area contributed by atoms with E-state index in [0.717, 1.165) is 56.6 Å². The number of hydrogen-bond donors (Lipinski definition) is 0. The standard InChI is InChI=1S/C26H24N4O2S2/c1-31-21-12-8-18(9-13-21)24-28-29-26(30(24)20-6-4-3-5-7-20)33-17-23-16-27-25(34-23)19-10-14-22(32-2)15-11-19/h3-15,23H,16-17H2,1-2H3/t23-/m1/s1. The number of aromatic nitrogens is 3. The maximum atomic E-state index is 5.31. The summed E-state index contributed by atoms with van der Waals surface area (Å²) in [6.45, 7) is 0.795. The summed E-state index contributed by atoms with van der Waals surface area (Å²) in [4.78, 5) is 4.78. The van der Waals surface area contributed by atoms with Crippen LogP contribution in [0, 0.1) is 0 Å². The minimum atomic E-state index is 0.382. The molecule has 1 atom stereocenters. The van der Waals surface area contributed by atoms with E-state index in [-0.39, 0.29) is 0 Å². The van der Waals surface area contributed by atoms with E-state index in [2.05, 4.69) is 39.0 Å². The molecule has 1 aliphatic heterocycles. The van der Waals surface area contributed by atoms with Gasteiger partial charge < -0.3 is 9.47 Å². The molecule has 0 radical (unpaired) electrons. The van der Waals surface area contributed by atoms with Gasteiger partial charge in [-0.2, -0.15) is 0 Å².